The van der Waals surface area contributed by atoms with Gasteiger partial charge in [-0.1, -0.05) is 20.3 Å². The molecular formula is C23H29N5O2S. The number of aromatic nitrogens is 3. The molecule has 2 aliphatic rings. The fraction of sp³-hybridized carbons (Fsp3) is 0.522. The van der Waals surface area contributed by atoms with Gasteiger partial charge in [-0.3, -0.25) is 19.6 Å². The number of piperidine rings is 1. The zero-order valence-electron chi connectivity index (χ0n) is 18.1. The number of nitrogens with one attached hydrogen (secondary N) is 1. The maximum atomic E-state index is 13.3. The van der Waals surface area contributed by atoms with E-state index >= 15 is 0 Å². The van der Waals surface area contributed by atoms with Crippen LogP contribution in [-0.4, -0.2) is 43.4 Å². The number of carbonyl (C=O) groups is 1. The van der Waals surface area contributed by atoms with Crippen molar-refractivity contribution in [3.05, 3.63) is 55.8 Å². The van der Waals surface area contributed by atoms with Crippen molar-refractivity contribution < 1.29 is 4.79 Å². The molecule has 0 unspecified atom stereocenters. The zero-order chi connectivity index (χ0) is 21.5. The van der Waals surface area contributed by atoms with Gasteiger partial charge >= 0.3 is 0 Å². The summed E-state index contributed by atoms with van der Waals surface area (Å²) < 4.78 is 1.58. The van der Waals surface area contributed by atoms with Crippen LogP contribution in [0.5, 0.6) is 0 Å². The van der Waals surface area contributed by atoms with E-state index in [-0.39, 0.29) is 23.4 Å². The molecule has 3 aromatic rings. The number of hydrogen-bond donors (Lipinski definition) is 1. The molecule has 2 aliphatic heterocycles. The molecule has 8 heteroatoms. The van der Waals surface area contributed by atoms with Crippen molar-refractivity contribution in [3.63, 3.8) is 0 Å². The van der Waals surface area contributed by atoms with Crippen LogP contribution in [0.25, 0.3) is 5.65 Å². The third-order valence-corrected chi connectivity index (χ3v) is 7.26. The van der Waals surface area contributed by atoms with E-state index in [4.69, 9.17) is 4.98 Å². The quantitative estimate of drug-likeness (QED) is 0.677. The average molecular weight is 440 g/mol. The summed E-state index contributed by atoms with van der Waals surface area (Å²) in [5, 5.41) is 7.69. The van der Waals surface area contributed by atoms with Crippen LogP contribution in [0.3, 0.4) is 0 Å². The van der Waals surface area contributed by atoms with Gasteiger partial charge in [0.2, 0.25) is 5.91 Å². The van der Waals surface area contributed by atoms with E-state index < -0.39 is 0 Å². The van der Waals surface area contributed by atoms with Crippen LogP contribution in [0.1, 0.15) is 61.7 Å². The summed E-state index contributed by atoms with van der Waals surface area (Å²) in [4.78, 5) is 34.8. The summed E-state index contributed by atoms with van der Waals surface area (Å²) in [7, 11) is 0. The predicted molar refractivity (Wildman–Crippen MR) is 121 cm³/mol. The fourth-order valence-electron chi connectivity index (χ4n) is 4.87. The van der Waals surface area contributed by atoms with E-state index in [0.29, 0.717) is 30.7 Å². The van der Waals surface area contributed by atoms with Gasteiger partial charge in [-0.15, -0.1) is 0 Å². The summed E-state index contributed by atoms with van der Waals surface area (Å²) in [6.45, 7) is 6.75. The van der Waals surface area contributed by atoms with Gasteiger partial charge in [0.05, 0.1) is 29.5 Å². The van der Waals surface area contributed by atoms with E-state index in [9.17, 15) is 9.59 Å². The predicted octanol–water partition coefficient (Wildman–Crippen LogP) is 3.35. The highest BCUT2D eigenvalue weighted by atomic mass is 32.1. The van der Waals surface area contributed by atoms with E-state index in [2.05, 4.69) is 26.8 Å². The van der Waals surface area contributed by atoms with Crippen molar-refractivity contribution in [2.75, 3.05) is 13.1 Å². The van der Waals surface area contributed by atoms with Crippen LogP contribution >= 0.6 is 11.3 Å². The normalized spacial score (nSPS) is 19.8. The Morgan fingerprint density at radius 2 is 2.19 bits per heavy atom. The molecular weight excluding hydrogens is 410 g/mol. The van der Waals surface area contributed by atoms with Crippen molar-refractivity contribution in [3.8, 4) is 0 Å². The molecule has 0 aromatic carbocycles. The number of aromatic amines is 1. The van der Waals surface area contributed by atoms with Crippen molar-refractivity contribution in [1.82, 2.24) is 24.4 Å². The number of rotatable bonds is 4. The smallest absolute Gasteiger partial charge is 0.277 e. The van der Waals surface area contributed by atoms with Gasteiger partial charge in [-0.05, 0) is 41.8 Å². The standard InChI is InChI=1S/C23H29N5O2S/c1-15(2)22(29)27-9-6-18-17(13-27)23(30)28-21(24-18)11-19(25-28)20-5-3-4-8-26(20)12-16-7-10-31-14-16/h7,10-11,14-15,20,25H,3-6,8-9,12-13H2,1-2H3/t20-/m1/s1. The number of H-pyrrole nitrogens is 1. The molecule has 0 saturated carbocycles. The van der Waals surface area contributed by atoms with Gasteiger partial charge in [-0.25, -0.2) is 9.50 Å². The number of likely N-dealkylation sites (tertiary alicyclic amines) is 1. The lowest BCUT2D eigenvalue weighted by Crippen LogP contribution is -2.41. The SMILES string of the molecule is CC(C)C(=O)N1CCc2nc3cc([C@H]4CCCCN4Cc4ccsc4)[nH]n3c(=O)c2C1. The molecule has 5 heterocycles. The van der Waals surface area contributed by atoms with E-state index in [1.165, 1.54) is 18.4 Å². The largest absolute Gasteiger partial charge is 0.337 e. The Morgan fingerprint density at radius 1 is 1.32 bits per heavy atom. The van der Waals surface area contributed by atoms with E-state index in [1.54, 1.807) is 20.8 Å². The molecule has 1 atom stereocenters. The van der Waals surface area contributed by atoms with Crippen LogP contribution in [0, 0.1) is 5.92 Å². The first-order valence-electron chi connectivity index (χ1n) is 11.2. The molecule has 164 valence electrons. The lowest BCUT2D eigenvalue weighted by molar-refractivity contribution is -0.135. The van der Waals surface area contributed by atoms with Gasteiger partial charge < -0.3 is 4.90 Å². The molecule has 0 aliphatic carbocycles. The Labute approximate surface area is 185 Å². The molecule has 3 aromatic heterocycles. The average Bonchev–Trinajstić information content (AvgIpc) is 3.43. The lowest BCUT2D eigenvalue weighted by Gasteiger charge is -2.34. The maximum absolute atomic E-state index is 13.3. The minimum atomic E-state index is -0.0762. The Bertz CT molecular complexity index is 1150. The summed E-state index contributed by atoms with van der Waals surface area (Å²) in [5.74, 6) is 0.0206. The molecule has 0 spiro atoms. The summed E-state index contributed by atoms with van der Waals surface area (Å²) >= 11 is 1.73. The van der Waals surface area contributed by atoms with Crippen molar-refractivity contribution in [2.24, 2.45) is 5.92 Å². The van der Waals surface area contributed by atoms with Crippen LogP contribution in [0.2, 0.25) is 0 Å². The second-order valence-corrected chi connectivity index (χ2v) is 9.81. The number of carbonyl (C=O) groups excluding carboxylic acids is 1. The van der Waals surface area contributed by atoms with Crippen molar-refractivity contribution in [1.29, 1.82) is 0 Å². The maximum Gasteiger partial charge on any atom is 0.277 e. The van der Waals surface area contributed by atoms with E-state index in [0.717, 1.165) is 30.9 Å². The molecule has 5 rings (SSSR count). The first kappa shape index (κ1) is 20.5. The number of thiophene rings is 1. The minimum absolute atomic E-state index is 0.0707. The Kier molecular flexibility index (Phi) is 5.44. The lowest BCUT2D eigenvalue weighted by atomic mass is 9.99. The number of fused-ring (bicyclic) bond motifs is 2. The number of hydrogen-bond acceptors (Lipinski definition) is 5. The highest BCUT2D eigenvalue weighted by Crippen LogP contribution is 2.32. The van der Waals surface area contributed by atoms with Gasteiger partial charge in [-0.2, -0.15) is 11.3 Å². The topological polar surface area (TPSA) is 73.7 Å². The first-order chi connectivity index (χ1) is 15.0. The number of nitrogens with zero attached hydrogens (tertiary/aromatic N) is 4. The third-order valence-electron chi connectivity index (χ3n) is 6.53. The molecule has 1 saturated heterocycles. The molecule has 7 nitrogen and oxygen atoms in total. The summed E-state index contributed by atoms with van der Waals surface area (Å²) in [6, 6.07) is 4.49. The van der Waals surface area contributed by atoms with E-state index in [1.807, 2.05) is 19.9 Å². The summed E-state index contributed by atoms with van der Waals surface area (Å²) in [5.41, 5.74) is 4.48. The molecule has 1 amide bonds. The van der Waals surface area contributed by atoms with Crippen molar-refractivity contribution in [2.45, 2.75) is 58.7 Å². The minimum Gasteiger partial charge on any atom is -0.337 e. The van der Waals surface area contributed by atoms with Crippen molar-refractivity contribution >= 4 is 22.9 Å². The molecule has 31 heavy (non-hydrogen) atoms. The third kappa shape index (κ3) is 3.83. The highest BCUT2D eigenvalue weighted by molar-refractivity contribution is 7.07. The van der Waals surface area contributed by atoms with Crippen LogP contribution in [0.15, 0.2) is 27.7 Å². The Morgan fingerprint density at radius 3 is 2.97 bits per heavy atom. The van der Waals surface area contributed by atoms with Crippen LogP contribution in [-0.2, 0) is 24.3 Å². The second kappa shape index (κ2) is 8.24. The second-order valence-electron chi connectivity index (χ2n) is 9.03. The highest BCUT2D eigenvalue weighted by Gasteiger charge is 2.29. The zero-order valence-corrected chi connectivity index (χ0v) is 19.0. The van der Waals surface area contributed by atoms with Gasteiger partial charge in [0.1, 0.15) is 0 Å². The van der Waals surface area contributed by atoms with Crippen LogP contribution < -0.4 is 5.56 Å². The molecule has 1 fully saturated rings. The van der Waals surface area contributed by atoms with Gasteiger partial charge in [0.15, 0.2) is 5.65 Å². The van der Waals surface area contributed by atoms with Gasteiger partial charge in [0.25, 0.3) is 5.56 Å². The Hall–Kier alpha value is -2.45. The monoisotopic (exact) mass is 439 g/mol. The first-order valence-corrected chi connectivity index (χ1v) is 12.1. The molecule has 1 N–H and O–H groups in total. The molecule has 0 radical (unpaired) electrons. The fourth-order valence-corrected chi connectivity index (χ4v) is 5.53. The Balaban J connectivity index is 1.47. The van der Waals surface area contributed by atoms with Gasteiger partial charge in [0, 0.05) is 31.5 Å². The number of amides is 1. The van der Waals surface area contributed by atoms with Crippen LogP contribution in [0.4, 0.5) is 0 Å². The summed E-state index contributed by atoms with van der Waals surface area (Å²) in [6.07, 6.45) is 4.09. The molecule has 0 bridgehead atoms.